The van der Waals surface area contributed by atoms with Gasteiger partial charge < -0.3 is 10.2 Å². The normalized spacial score (nSPS) is 10.6. The highest BCUT2D eigenvalue weighted by molar-refractivity contribution is 9.10. The molecule has 0 spiro atoms. The molecule has 0 aliphatic heterocycles. The summed E-state index contributed by atoms with van der Waals surface area (Å²) in [7, 11) is 2.08. The molecule has 1 heterocycles. The fourth-order valence-electron chi connectivity index (χ4n) is 2.23. The van der Waals surface area contributed by atoms with Gasteiger partial charge in [-0.3, -0.25) is 0 Å². The second-order valence-corrected chi connectivity index (χ2v) is 6.43. The van der Waals surface area contributed by atoms with Crippen LogP contribution >= 0.6 is 15.9 Å². The number of hydrogen-bond donors (Lipinski definition) is 1. The van der Waals surface area contributed by atoms with E-state index in [1.54, 1.807) is 0 Å². The summed E-state index contributed by atoms with van der Waals surface area (Å²) in [6.45, 7) is 7.21. The lowest BCUT2D eigenvalue weighted by Gasteiger charge is -2.19. The van der Waals surface area contributed by atoms with Crippen molar-refractivity contribution in [1.82, 2.24) is 9.97 Å². The van der Waals surface area contributed by atoms with Crippen molar-refractivity contribution in [2.45, 2.75) is 33.6 Å². The van der Waals surface area contributed by atoms with Gasteiger partial charge in [-0.05, 0) is 44.0 Å². The van der Waals surface area contributed by atoms with Crippen LogP contribution in [0, 0.1) is 13.8 Å². The van der Waals surface area contributed by atoms with E-state index in [9.17, 15) is 0 Å². The number of anilines is 3. The van der Waals surface area contributed by atoms with Crippen LogP contribution in [0.25, 0.3) is 0 Å². The fraction of sp³-hybridized carbons (Fsp3) is 0.412. The van der Waals surface area contributed by atoms with E-state index in [1.807, 2.05) is 19.1 Å². The van der Waals surface area contributed by atoms with Crippen molar-refractivity contribution in [1.29, 1.82) is 0 Å². The maximum atomic E-state index is 4.53. The van der Waals surface area contributed by atoms with E-state index in [0.29, 0.717) is 0 Å². The van der Waals surface area contributed by atoms with Crippen molar-refractivity contribution < 1.29 is 0 Å². The number of nitrogens with zero attached hydrogens (tertiary/aromatic N) is 3. The Balaban J connectivity index is 2.22. The zero-order chi connectivity index (χ0) is 16.1. The molecule has 1 N–H and O–H groups in total. The lowest BCUT2D eigenvalue weighted by atomic mass is 10.2. The average molecular weight is 363 g/mol. The van der Waals surface area contributed by atoms with E-state index < -0.39 is 0 Å². The Kier molecular flexibility index (Phi) is 5.77. The van der Waals surface area contributed by atoms with Crippen LogP contribution < -0.4 is 10.2 Å². The van der Waals surface area contributed by atoms with Gasteiger partial charge in [0, 0.05) is 29.8 Å². The SMILES string of the molecule is CCCCN(C)c1cc(Nc2ccc(Br)cc2C)nc(C)n1. The monoisotopic (exact) mass is 362 g/mol. The molecule has 22 heavy (non-hydrogen) atoms. The van der Waals surface area contributed by atoms with Crippen LogP contribution in [0.3, 0.4) is 0 Å². The first kappa shape index (κ1) is 16.7. The maximum Gasteiger partial charge on any atom is 0.136 e. The third kappa shape index (κ3) is 4.44. The second kappa shape index (κ2) is 7.58. The van der Waals surface area contributed by atoms with Crippen molar-refractivity contribution in [3.8, 4) is 0 Å². The highest BCUT2D eigenvalue weighted by Crippen LogP contribution is 2.24. The molecule has 2 rings (SSSR count). The van der Waals surface area contributed by atoms with Crippen LogP contribution in [0.2, 0.25) is 0 Å². The smallest absolute Gasteiger partial charge is 0.136 e. The number of halogens is 1. The first-order valence-corrected chi connectivity index (χ1v) is 8.39. The number of hydrogen-bond acceptors (Lipinski definition) is 4. The molecule has 118 valence electrons. The molecule has 4 nitrogen and oxygen atoms in total. The minimum Gasteiger partial charge on any atom is -0.360 e. The maximum absolute atomic E-state index is 4.53. The minimum atomic E-state index is 0.776. The summed E-state index contributed by atoms with van der Waals surface area (Å²) < 4.78 is 1.08. The summed E-state index contributed by atoms with van der Waals surface area (Å²) in [5.74, 6) is 2.56. The lowest BCUT2D eigenvalue weighted by molar-refractivity contribution is 0.756. The summed E-state index contributed by atoms with van der Waals surface area (Å²) in [5, 5.41) is 3.39. The van der Waals surface area contributed by atoms with E-state index in [-0.39, 0.29) is 0 Å². The van der Waals surface area contributed by atoms with Crippen molar-refractivity contribution >= 4 is 33.3 Å². The van der Waals surface area contributed by atoms with Gasteiger partial charge in [0.2, 0.25) is 0 Å². The first-order valence-electron chi connectivity index (χ1n) is 7.59. The van der Waals surface area contributed by atoms with E-state index in [1.165, 1.54) is 12.0 Å². The number of nitrogens with one attached hydrogen (secondary N) is 1. The third-order valence-electron chi connectivity index (χ3n) is 3.51. The summed E-state index contributed by atoms with van der Waals surface area (Å²) in [6, 6.07) is 8.17. The van der Waals surface area contributed by atoms with Gasteiger partial charge in [0.15, 0.2) is 0 Å². The molecule has 0 saturated heterocycles. The number of rotatable bonds is 6. The summed E-state index contributed by atoms with van der Waals surface area (Å²) >= 11 is 3.49. The minimum absolute atomic E-state index is 0.776. The Hall–Kier alpha value is -1.62. The third-order valence-corrected chi connectivity index (χ3v) is 4.01. The predicted octanol–water partition coefficient (Wildman–Crippen LogP) is 4.84. The Bertz CT molecular complexity index is 643. The average Bonchev–Trinajstić information content (AvgIpc) is 2.47. The van der Waals surface area contributed by atoms with Gasteiger partial charge in [-0.25, -0.2) is 9.97 Å². The Morgan fingerprint density at radius 1 is 1.18 bits per heavy atom. The number of unbranched alkanes of at least 4 members (excludes halogenated alkanes) is 1. The molecule has 0 radical (unpaired) electrons. The van der Waals surface area contributed by atoms with Gasteiger partial charge in [-0.2, -0.15) is 0 Å². The van der Waals surface area contributed by atoms with Gasteiger partial charge in [0.25, 0.3) is 0 Å². The van der Waals surface area contributed by atoms with Crippen LogP contribution in [0.5, 0.6) is 0 Å². The molecular weight excluding hydrogens is 340 g/mol. The summed E-state index contributed by atoms with van der Waals surface area (Å²) in [4.78, 5) is 11.2. The lowest BCUT2D eigenvalue weighted by Crippen LogP contribution is -2.20. The number of aryl methyl sites for hydroxylation is 2. The molecule has 0 fully saturated rings. The van der Waals surface area contributed by atoms with Crippen molar-refractivity contribution in [2.24, 2.45) is 0 Å². The molecular formula is C17H23BrN4. The van der Waals surface area contributed by atoms with Crippen molar-refractivity contribution in [3.63, 3.8) is 0 Å². The van der Waals surface area contributed by atoms with Crippen LogP contribution in [0.15, 0.2) is 28.7 Å². The van der Waals surface area contributed by atoms with Crippen molar-refractivity contribution in [3.05, 3.63) is 40.1 Å². The standard InChI is InChI=1S/C17H23BrN4/c1-5-6-9-22(4)17-11-16(19-13(3)20-17)21-15-8-7-14(18)10-12(15)2/h7-8,10-11H,5-6,9H2,1-4H3,(H,19,20,21). The van der Waals surface area contributed by atoms with E-state index >= 15 is 0 Å². The summed E-state index contributed by atoms with van der Waals surface area (Å²) in [5.41, 5.74) is 2.23. The van der Waals surface area contributed by atoms with E-state index in [0.717, 1.165) is 40.6 Å². The summed E-state index contributed by atoms with van der Waals surface area (Å²) in [6.07, 6.45) is 2.34. The quantitative estimate of drug-likeness (QED) is 0.798. The molecule has 0 aliphatic rings. The van der Waals surface area contributed by atoms with E-state index in [4.69, 9.17) is 0 Å². The van der Waals surface area contributed by atoms with Crippen LogP contribution in [0.4, 0.5) is 17.3 Å². The highest BCUT2D eigenvalue weighted by Gasteiger charge is 2.08. The van der Waals surface area contributed by atoms with Crippen LogP contribution in [0.1, 0.15) is 31.2 Å². The molecule has 0 unspecified atom stereocenters. The largest absolute Gasteiger partial charge is 0.360 e. The number of aromatic nitrogens is 2. The Morgan fingerprint density at radius 3 is 2.64 bits per heavy atom. The Morgan fingerprint density at radius 2 is 1.95 bits per heavy atom. The van der Waals surface area contributed by atoms with Crippen LogP contribution in [-0.2, 0) is 0 Å². The zero-order valence-electron chi connectivity index (χ0n) is 13.7. The van der Waals surface area contributed by atoms with Gasteiger partial charge >= 0.3 is 0 Å². The zero-order valence-corrected chi connectivity index (χ0v) is 15.2. The second-order valence-electron chi connectivity index (χ2n) is 5.52. The molecule has 0 aliphatic carbocycles. The van der Waals surface area contributed by atoms with Gasteiger partial charge in [0.1, 0.15) is 17.5 Å². The fourth-order valence-corrected chi connectivity index (χ4v) is 2.70. The molecule has 0 bridgehead atoms. The van der Waals surface area contributed by atoms with Gasteiger partial charge in [-0.15, -0.1) is 0 Å². The van der Waals surface area contributed by atoms with E-state index in [2.05, 4.69) is 69.1 Å². The topological polar surface area (TPSA) is 41.0 Å². The molecule has 0 saturated carbocycles. The predicted molar refractivity (Wildman–Crippen MR) is 97.1 cm³/mol. The molecule has 2 aromatic rings. The molecule has 1 aromatic heterocycles. The highest BCUT2D eigenvalue weighted by atomic mass is 79.9. The molecule has 5 heteroatoms. The van der Waals surface area contributed by atoms with Gasteiger partial charge in [0.05, 0.1) is 0 Å². The first-order chi connectivity index (χ1) is 10.5. The van der Waals surface area contributed by atoms with Crippen LogP contribution in [-0.4, -0.2) is 23.6 Å². The molecule has 0 atom stereocenters. The molecule has 1 aromatic carbocycles. The Labute approximate surface area is 141 Å². The molecule has 0 amide bonds. The van der Waals surface area contributed by atoms with Crippen molar-refractivity contribution in [2.75, 3.05) is 23.8 Å². The number of benzene rings is 1. The van der Waals surface area contributed by atoms with Gasteiger partial charge in [-0.1, -0.05) is 29.3 Å².